The first kappa shape index (κ1) is 24.5. The average Bonchev–Trinajstić information content (AvgIpc) is 2.83. The number of carbonyl (C=O) groups is 1. The number of nitrogens with zero attached hydrogens (tertiary/aromatic N) is 5. The Morgan fingerprint density at radius 3 is 2.64 bits per heavy atom. The third-order valence-corrected chi connectivity index (χ3v) is 7.25. The van der Waals surface area contributed by atoms with Crippen molar-refractivity contribution in [2.45, 2.75) is 25.8 Å². The van der Waals surface area contributed by atoms with Crippen LogP contribution in [0.2, 0.25) is 5.02 Å². The zero-order valence-corrected chi connectivity index (χ0v) is 21.1. The van der Waals surface area contributed by atoms with E-state index in [9.17, 15) is 9.18 Å². The molecular formula is C26H29ClFN7O. The van der Waals surface area contributed by atoms with Crippen LogP contribution < -0.4 is 10.6 Å². The summed E-state index contributed by atoms with van der Waals surface area (Å²) in [5, 5.41) is 14.9. The Balaban J connectivity index is 1.22. The van der Waals surface area contributed by atoms with Crippen LogP contribution in [0.15, 0.2) is 42.6 Å². The van der Waals surface area contributed by atoms with E-state index >= 15 is 0 Å². The van der Waals surface area contributed by atoms with Crippen LogP contribution in [0.4, 0.5) is 21.6 Å². The highest BCUT2D eigenvalue weighted by Gasteiger charge is 2.38. The number of carbonyl (C=O) groups excluding carboxylic acids is 1. The van der Waals surface area contributed by atoms with E-state index in [-0.39, 0.29) is 17.4 Å². The second-order valence-electron chi connectivity index (χ2n) is 9.56. The number of halogens is 2. The SMILES string of the molecule is Cc1nnc(-c2cc(Cl)ccc2F)cc1Nc1ccnc(NC(=O)[C@H]2C[C@@H](N3CCN(C)CC3)C2)c1. The molecule has 1 aliphatic heterocycles. The van der Waals surface area contributed by atoms with Gasteiger partial charge in [0.15, 0.2) is 0 Å². The van der Waals surface area contributed by atoms with Gasteiger partial charge in [-0.1, -0.05) is 11.6 Å². The van der Waals surface area contributed by atoms with E-state index < -0.39 is 5.82 Å². The van der Waals surface area contributed by atoms with Crippen molar-refractivity contribution in [3.8, 4) is 11.3 Å². The lowest BCUT2D eigenvalue weighted by atomic mass is 9.78. The van der Waals surface area contributed by atoms with Crippen LogP contribution in [0.3, 0.4) is 0 Å². The van der Waals surface area contributed by atoms with Gasteiger partial charge in [-0.25, -0.2) is 9.37 Å². The summed E-state index contributed by atoms with van der Waals surface area (Å²) in [6.07, 6.45) is 3.41. The molecule has 0 unspecified atom stereocenters. The summed E-state index contributed by atoms with van der Waals surface area (Å²) in [5.41, 5.74) is 2.67. The van der Waals surface area contributed by atoms with Crippen molar-refractivity contribution in [1.29, 1.82) is 0 Å². The van der Waals surface area contributed by atoms with E-state index in [1.54, 1.807) is 24.4 Å². The van der Waals surface area contributed by atoms with Crippen molar-refractivity contribution < 1.29 is 9.18 Å². The molecule has 0 spiro atoms. The molecule has 1 aliphatic carbocycles. The van der Waals surface area contributed by atoms with Gasteiger partial charge in [0, 0.05) is 66.7 Å². The number of hydrogen-bond donors (Lipinski definition) is 2. The van der Waals surface area contributed by atoms with Crippen molar-refractivity contribution in [3.63, 3.8) is 0 Å². The minimum absolute atomic E-state index is 0.00510. The third-order valence-electron chi connectivity index (χ3n) is 7.01. The van der Waals surface area contributed by atoms with Crippen LogP contribution in [0.1, 0.15) is 18.5 Å². The van der Waals surface area contributed by atoms with Crippen LogP contribution in [0, 0.1) is 18.7 Å². The molecule has 2 aliphatic rings. The van der Waals surface area contributed by atoms with Gasteiger partial charge in [-0.3, -0.25) is 9.69 Å². The number of benzene rings is 1. The molecule has 0 atom stereocenters. The lowest BCUT2D eigenvalue weighted by Crippen LogP contribution is -2.54. The van der Waals surface area contributed by atoms with Gasteiger partial charge in [0.05, 0.1) is 17.1 Å². The molecule has 1 saturated carbocycles. The van der Waals surface area contributed by atoms with Crippen LogP contribution in [-0.4, -0.2) is 70.2 Å². The number of anilines is 3. The van der Waals surface area contributed by atoms with Crippen LogP contribution in [0.5, 0.6) is 0 Å². The molecular weight excluding hydrogens is 481 g/mol. The first-order valence-corrected chi connectivity index (χ1v) is 12.5. The summed E-state index contributed by atoms with van der Waals surface area (Å²) in [7, 11) is 2.15. The van der Waals surface area contributed by atoms with Crippen molar-refractivity contribution in [3.05, 3.63) is 59.1 Å². The second-order valence-corrected chi connectivity index (χ2v) is 9.99. The molecule has 10 heteroatoms. The standard InChI is InChI=1S/C26H29ClFN7O/c1-16-23(15-24(33-32-16)21-13-18(27)3-4-22(21)28)30-19-5-6-29-25(14-19)31-26(36)17-11-20(12-17)35-9-7-34(2)8-10-35/h3-6,13-15,17,20H,7-12H2,1-2H3,(H2,29,30,31,33,36)/t17-,20+. The minimum Gasteiger partial charge on any atom is -0.354 e. The summed E-state index contributed by atoms with van der Waals surface area (Å²) in [5.74, 6) is 0.0671. The Hall–Kier alpha value is -3.14. The van der Waals surface area contributed by atoms with E-state index in [0.29, 0.717) is 34.0 Å². The summed E-state index contributed by atoms with van der Waals surface area (Å²) in [4.78, 5) is 21.9. The number of likely N-dealkylation sites (N-methyl/N-ethyl adjacent to an activating group) is 1. The van der Waals surface area contributed by atoms with Gasteiger partial charge in [-0.2, -0.15) is 10.2 Å². The number of nitrogens with one attached hydrogen (secondary N) is 2. The molecule has 5 rings (SSSR count). The Labute approximate surface area is 214 Å². The van der Waals surface area contributed by atoms with Crippen molar-refractivity contribution >= 4 is 34.7 Å². The van der Waals surface area contributed by atoms with Crippen LogP contribution >= 0.6 is 11.6 Å². The van der Waals surface area contributed by atoms with E-state index in [1.165, 1.54) is 18.2 Å². The number of aryl methyl sites for hydroxylation is 1. The van der Waals surface area contributed by atoms with Gasteiger partial charge in [-0.15, -0.1) is 0 Å². The van der Waals surface area contributed by atoms with E-state index in [0.717, 1.165) is 44.7 Å². The maximum absolute atomic E-state index is 14.3. The van der Waals surface area contributed by atoms with Crippen molar-refractivity contribution in [1.82, 2.24) is 25.0 Å². The molecule has 1 amide bonds. The van der Waals surface area contributed by atoms with Gasteiger partial charge in [0.25, 0.3) is 0 Å². The highest BCUT2D eigenvalue weighted by atomic mass is 35.5. The molecule has 188 valence electrons. The zero-order chi connectivity index (χ0) is 25.2. The summed E-state index contributed by atoms with van der Waals surface area (Å²) < 4.78 is 14.3. The minimum atomic E-state index is -0.428. The van der Waals surface area contributed by atoms with Crippen LogP contribution in [0.25, 0.3) is 11.3 Å². The molecule has 3 aromatic rings. The smallest absolute Gasteiger partial charge is 0.228 e. The summed E-state index contributed by atoms with van der Waals surface area (Å²) in [6.45, 7) is 6.11. The van der Waals surface area contributed by atoms with Crippen molar-refractivity contribution in [2.75, 3.05) is 43.9 Å². The predicted molar refractivity (Wildman–Crippen MR) is 139 cm³/mol. The molecule has 0 radical (unpaired) electrons. The predicted octanol–water partition coefficient (Wildman–Crippen LogP) is 4.35. The maximum atomic E-state index is 14.3. The lowest BCUT2D eigenvalue weighted by Gasteiger charge is -2.45. The number of amides is 1. The molecule has 2 N–H and O–H groups in total. The zero-order valence-electron chi connectivity index (χ0n) is 20.3. The fraction of sp³-hybridized carbons (Fsp3) is 0.385. The Morgan fingerprint density at radius 1 is 1.08 bits per heavy atom. The van der Waals surface area contributed by atoms with Gasteiger partial charge in [0.2, 0.25) is 5.91 Å². The fourth-order valence-corrected chi connectivity index (χ4v) is 4.82. The first-order chi connectivity index (χ1) is 17.4. The lowest BCUT2D eigenvalue weighted by molar-refractivity contribution is -0.124. The number of hydrogen-bond acceptors (Lipinski definition) is 7. The second kappa shape index (κ2) is 10.5. The molecule has 1 saturated heterocycles. The van der Waals surface area contributed by atoms with Gasteiger partial charge in [-0.05, 0) is 57.1 Å². The van der Waals surface area contributed by atoms with Crippen LogP contribution in [-0.2, 0) is 4.79 Å². The number of pyridine rings is 1. The maximum Gasteiger partial charge on any atom is 0.228 e. The highest BCUT2D eigenvalue weighted by Crippen LogP contribution is 2.33. The highest BCUT2D eigenvalue weighted by molar-refractivity contribution is 6.30. The largest absolute Gasteiger partial charge is 0.354 e. The topological polar surface area (TPSA) is 86.3 Å². The van der Waals surface area contributed by atoms with E-state index in [2.05, 4.69) is 42.7 Å². The first-order valence-electron chi connectivity index (χ1n) is 12.1. The van der Waals surface area contributed by atoms with Crippen molar-refractivity contribution in [2.24, 2.45) is 5.92 Å². The molecule has 0 bridgehead atoms. The molecule has 2 aromatic heterocycles. The number of piperazine rings is 1. The average molecular weight is 510 g/mol. The quantitative estimate of drug-likeness (QED) is 0.511. The van der Waals surface area contributed by atoms with E-state index in [1.807, 2.05) is 6.92 Å². The Kier molecular flexibility index (Phi) is 7.13. The summed E-state index contributed by atoms with van der Waals surface area (Å²) >= 11 is 6.04. The van der Waals surface area contributed by atoms with Gasteiger partial charge >= 0.3 is 0 Å². The Morgan fingerprint density at radius 2 is 1.86 bits per heavy atom. The number of rotatable bonds is 6. The molecule has 8 nitrogen and oxygen atoms in total. The van der Waals surface area contributed by atoms with E-state index in [4.69, 9.17) is 11.6 Å². The number of aromatic nitrogens is 3. The third kappa shape index (κ3) is 5.48. The molecule has 1 aromatic carbocycles. The fourth-order valence-electron chi connectivity index (χ4n) is 4.65. The molecule has 36 heavy (non-hydrogen) atoms. The molecule has 3 heterocycles. The Bertz CT molecular complexity index is 1260. The monoisotopic (exact) mass is 509 g/mol. The van der Waals surface area contributed by atoms with Gasteiger partial charge < -0.3 is 15.5 Å². The normalized spacial score (nSPS) is 20.6. The molecule has 2 fully saturated rings. The summed E-state index contributed by atoms with van der Waals surface area (Å²) in [6, 6.07) is 10.1. The van der Waals surface area contributed by atoms with Gasteiger partial charge in [0.1, 0.15) is 11.6 Å².